The monoisotopic (exact) mass is 212 g/mol. The first-order valence-corrected chi connectivity index (χ1v) is 5.06. The highest BCUT2D eigenvalue weighted by Crippen LogP contribution is 2.25. The molecule has 1 aromatic carbocycles. The van der Waals surface area contributed by atoms with Crippen LogP contribution in [-0.2, 0) is 0 Å². The van der Waals surface area contributed by atoms with Crippen molar-refractivity contribution in [3.05, 3.63) is 23.8 Å². The first-order chi connectivity index (χ1) is 6.65. The zero-order valence-corrected chi connectivity index (χ0v) is 8.38. The Bertz CT molecular complexity index is 342. The lowest BCUT2D eigenvalue weighted by Crippen LogP contribution is -2.11. The fourth-order valence-corrected chi connectivity index (χ4v) is 1.72. The van der Waals surface area contributed by atoms with Crippen LogP contribution in [0.4, 0.5) is 5.69 Å². The summed E-state index contributed by atoms with van der Waals surface area (Å²) in [6.45, 7) is 0.0743. The smallest absolute Gasteiger partial charge is 0.248 e. The normalized spacial score (nSPS) is 10.1. The van der Waals surface area contributed by atoms with Crippen molar-refractivity contribution in [1.29, 1.82) is 0 Å². The molecule has 0 saturated carbocycles. The Morgan fingerprint density at radius 2 is 2.21 bits per heavy atom. The van der Waals surface area contributed by atoms with Gasteiger partial charge in [-0.25, -0.2) is 0 Å². The van der Waals surface area contributed by atoms with Gasteiger partial charge in [-0.05, 0) is 18.2 Å². The van der Waals surface area contributed by atoms with Gasteiger partial charge in [0.2, 0.25) is 5.91 Å². The van der Waals surface area contributed by atoms with E-state index in [1.54, 1.807) is 18.2 Å². The second-order valence-electron chi connectivity index (χ2n) is 2.69. The molecule has 1 rings (SSSR count). The van der Waals surface area contributed by atoms with Crippen molar-refractivity contribution in [2.75, 3.05) is 18.1 Å². The van der Waals surface area contributed by atoms with Crippen molar-refractivity contribution in [2.45, 2.75) is 4.90 Å². The number of aliphatic hydroxyl groups excluding tert-OH is 1. The number of aliphatic hydroxyl groups is 1. The molecule has 0 radical (unpaired) electrons. The van der Waals surface area contributed by atoms with Gasteiger partial charge in [-0.15, -0.1) is 11.8 Å². The van der Waals surface area contributed by atoms with Crippen LogP contribution in [0.3, 0.4) is 0 Å². The molecule has 0 aliphatic rings. The van der Waals surface area contributed by atoms with Crippen molar-refractivity contribution < 1.29 is 9.90 Å². The summed E-state index contributed by atoms with van der Waals surface area (Å²) >= 11 is 1.40. The van der Waals surface area contributed by atoms with Gasteiger partial charge in [0.15, 0.2) is 0 Å². The summed E-state index contributed by atoms with van der Waals surface area (Å²) < 4.78 is 0. The number of benzene rings is 1. The summed E-state index contributed by atoms with van der Waals surface area (Å²) in [5, 5.41) is 8.64. The van der Waals surface area contributed by atoms with Crippen LogP contribution in [0, 0.1) is 0 Å². The van der Waals surface area contributed by atoms with Gasteiger partial charge < -0.3 is 16.6 Å². The molecule has 0 aromatic heterocycles. The van der Waals surface area contributed by atoms with Crippen molar-refractivity contribution in [1.82, 2.24) is 0 Å². The number of anilines is 1. The molecule has 0 spiro atoms. The van der Waals surface area contributed by atoms with E-state index in [0.717, 1.165) is 4.90 Å². The quantitative estimate of drug-likeness (QED) is 0.499. The van der Waals surface area contributed by atoms with E-state index in [0.29, 0.717) is 17.0 Å². The predicted octanol–water partition coefficient (Wildman–Crippen LogP) is 0.452. The molecule has 14 heavy (non-hydrogen) atoms. The third-order valence-corrected chi connectivity index (χ3v) is 2.70. The van der Waals surface area contributed by atoms with Crippen LogP contribution in [0.25, 0.3) is 0 Å². The van der Waals surface area contributed by atoms with Crippen LogP contribution in [0.1, 0.15) is 10.4 Å². The van der Waals surface area contributed by atoms with E-state index < -0.39 is 5.91 Å². The highest BCUT2D eigenvalue weighted by Gasteiger charge is 2.05. The maximum absolute atomic E-state index is 10.9. The van der Waals surface area contributed by atoms with Crippen LogP contribution in [0.2, 0.25) is 0 Å². The lowest BCUT2D eigenvalue weighted by molar-refractivity contribution is 0.1000. The second-order valence-corrected chi connectivity index (χ2v) is 3.83. The lowest BCUT2D eigenvalue weighted by Gasteiger charge is -2.05. The van der Waals surface area contributed by atoms with Crippen LogP contribution in [0.15, 0.2) is 23.1 Å². The molecule has 0 saturated heterocycles. The minimum Gasteiger partial charge on any atom is -0.398 e. The zero-order valence-electron chi connectivity index (χ0n) is 7.56. The van der Waals surface area contributed by atoms with E-state index in [1.807, 2.05) is 0 Å². The second kappa shape index (κ2) is 4.88. The zero-order chi connectivity index (χ0) is 10.6. The summed E-state index contributed by atoms with van der Waals surface area (Å²) in [5.74, 6) is 0.0720. The highest BCUT2D eigenvalue weighted by molar-refractivity contribution is 7.99. The molecule has 76 valence electrons. The number of primary amides is 1. The van der Waals surface area contributed by atoms with Crippen LogP contribution in [-0.4, -0.2) is 23.4 Å². The number of carbonyl (C=O) groups is 1. The van der Waals surface area contributed by atoms with Crippen molar-refractivity contribution in [3.8, 4) is 0 Å². The molecule has 0 heterocycles. The van der Waals surface area contributed by atoms with Crippen molar-refractivity contribution in [3.63, 3.8) is 0 Å². The first kappa shape index (κ1) is 10.9. The molecule has 0 bridgehead atoms. The molecule has 0 aliphatic carbocycles. The van der Waals surface area contributed by atoms with Gasteiger partial charge in [0, 0.05) is 21.9 Å². The summed E-state index contributed by atoms with van der Waals surface area (Å²) in [5.41, 5.74) is 11.8. The number of thioether (sulfide) groups is 1. The van der Waals surface area contributed by atoms with E-state index in [1.165, 1.54) is 11.8 Å². The molecular weight excluding hydrogens is 200 g/mol. The Balaban J connectivity index is 2.90. The van der Waals surface area contributed by atoms with E-state index in [4.69, 9.17) is 16.6 Å². The Morgan fingerprint density at radius 3 is 2.79 bits per heavy atom. The lowest BCUT2D eigenvalue weighted by atomic mass is 10.2. The number of amides is 1. The Kier molecular flexibility index (Phi) is 3.79. The van der Waals surface area contributed by atoms with Crippen LogP contribution in [0.5, 0.6) is 0 Å². The molecule has 0 aliphatic heterocycles. The maximum atomic E-state index is 10.9. The molecule has 1 amide bonds. The summed E-state index contributed by atoms with van der Waals surface area (Å²) in [6, 6.07) is 4.86. The Morgan fingerprint density at radius 1 is 1.50 bits per heavy atom. The van der Waals surface area contributed by atoms with Crippen molar-refractivity contribution in [2.24, 2.45) is 5.73 Å². The Hall–Kier alpha value is -1.20. The fraction of sp³-hybridized carbons (Fsp3) is 0.222. The van der Waals surface area contributed by atoms with Gasteiger partial charge in [-0.3, -0.25) is 4.79 Å². The molecule has 5 N–H and O–H groups in total. The predicted molar refractivity (Wildman–Crippen MR) is 57.2 cm³/mol. The van der Waals surface area contributed by atoms with Crippen LogP contribution >= 0.6 is 11.8 Å². The van der Waals surface area contributed by atoms with E-state index in [2.05, 4.69) is 0 Å². The number of hydrogen-bond acceptors (Lipinski definition) is 4. The number of nitrogen functional groups attached to an aromatic ring is 1. The third kappa shape index (κ3) is 2.65. The molecule has 0 fully saturated rings. The number of nitrogens with two attached hydrogens (primary N) is 2. The van der Waals surface area contributed by atoms with Gasteiger partial charge in [-0.1, -0.05) is 0 Å². The average molecular weight is 212 g/mol. The number of rotatable bonds is 4. The molecule has 0 atom stereocenters. The molecule has 1 aromatic rings. The summed E-state index contributed by atoms with van der Waals surface area (Å²) in [4.78, 5) is 11.6. The third-order valence-electron chi connectivity index (χ3n) is 1.65. The number of hydrogen-bond donors (Lipinski definition) is 3. The summed E-state index contributed by atoms with van der Waals surface area (Å²) in [6.07, 6.45) is 0. The average Bonchev–Trinajstić information content (AvgIpc) is 2.16. The highest BCUT2D eigenvalue weighted by atomic mass is 32.2. The topological polar surface area (TPSA) is 89.3 Å². The first-order valence-electron chi connectivity index (χ1n) is 4.08. The van der Waals surface area contributed by atoms with Gasteiger partial charge in [0.25, 0.3) is 0 Å². The molecular formula is C9H12N2O2S. The number of carbonyl (C=O) groups excluding carboxylic acids is 1. The summed E-state index contributed by atoms with van der Waals surface area (Å²) in [7, 11) is 0. The minimum atomic E-state index is -0.476. The van der Waals surface area contributed by atoms with Gasteiger partial charge in [-0.2, -0.15) is 0 Å². The minimum absolute atomic E-state index is 0.0743. The van der Waals surface area contributed by atoms with Crippen molar-refractivity contribution >= 4 is 23.4 Å². The maximum Gasteiger partial charge on any atom is 0.248 e. The molecule has 5 heteroatoms. The molecule has 4 nitrogen and oxygen atoms in total. The van der Waals surface area contributed by atoms with Gasteiger partial charge in [0.1, 0.15) is 0 Å². The Labute approximate surface area is 86.3 Å². The van der Waals surface area contributed by atoms with Gasteiger partial charge in [0.05, 0.1) is 6.61 Å². The van der Waals surface area contributed by atoms with Crippen LogP contribution < -0.4 is 11.5 Å². The fourth-order valence-electron chi connectivity index (χ4n) is 0.968. The van der Waals surface area contributed by atoms with E-state index in [9.17, 15) is 4.79 Å². The van der Waals surface area contributed by atoms with E-state index in [-0.39, 0.29) is 6.61 Å². The standard InChI is InChI=1S/C9H12N2O2S/c10-7-2-1-6(9(11)13)5-8(7)14-4-3-12/h1-2,5,12H,3-4,10H2,(H2,11,13). The van der Waals surface area contributed by atoms with Gasteiger partial charge >= 0.3 is 0 Å². The SMILES string of the molecule is NC(=O)c1ccc(N)c(SCCO)c1. The largest absolute Gasteiger partial charge is 0.398 e. The van der Waals surface area contributed by atoms with E-state index >= 15 is 0 Å². The molecule has 0 unspecified atom stereocenters.